The van der Waals surface area contributed by atoms with Gasteiger partial charge in [-0.2, -0.15) is 0 Å². The van der Waals surface area contributed by atoms with Crippen LogP contribution in [0.4, 0.5) is 4.39 Å². The number of carbonyl (C=O) groups excluding carboxylic acids is 1. The van der Waals surface area contributed by atoms with Crippen LogP contribution in [0.5, 0.6) is 0 Å². The van der Waals surface area contributed by atoms with Crippen LogP contribution in [0, 0.1) is 5.82 Å². The number of amides is 1. The van der Waals surface area contributed by atoms with Crippen LogP contribution in [0.25, 0.3) is 0 Å². The SMILES string of the molecule is CCN(C(=O)CN1CCN(Cc2ccc(F)cc2Cl)CC1)C1CCS(=O)(=O)C1. The molecule has 2 saturated heterocycles. The van der Waals surface area contributed by atoms with Crippen molar-refractivity contribution in [3.8, 4) is 0 Å². The van der Waals surface area contributed by atoms with Gasteiger partial charge in [0.05, 0.1) is 18.1 Å². The molecule has 0 aliphatic carbocycles. The number of rotatable bonds is 6. The van der Waals surface area contributed by atoms with Gasteiger partial charge in [-0.3, -0.25) is 14.6 Å². The molecule has 0 aromatic heterocycles. The molecule has 6 nitrogen and oxygen atoms in total. The summed E-state index contributed by atoms with van der Waals surface area (Å²) in [5.74, 6) is -0.0857. The molecule has 2 fully saturated rings. The zero-order valence-corrected chi connectivity index (χ0v) is 17.7. The molecule has 2 heterocycles. The second-order valence-corrected chi connectivity index (χ2v) is 10.2. The number of hydrogen-bond donors (Lipinski definition) is 0. The van der Waals surface area contributed by atoms with E-state index in [0.29, 0.717) is 31.1 Å². The third-order valence-electron chi connectivity index (χ3n) is 5.54. The minimum Gasteiger partial charge on any atom is -0.338 e. The molecule has 1 aromatic rings. The maximum atomic E-state index is 13.2. The average molecular weight is 432 g/mol. The van der Waals surface area contributed by atoms with Gasteiger partial charge in [0.15, 0.2) is 9.84 Å². The minimum atomic E-state index is -3.01. The molecule has 156 valence electrons. The van der Waals surface area contributed by atoms with E-state index in [-0.39, 0.29) is 29.3 Å². The number of hydrogen-bond acceptors (Lipinski definition) is 5. The van der Waals surface area contributed by atoms with E-state index in [4.69, 9.17) is 11.6 Å². The molecule has 3 rings (SSSR count). The normalized spacial score (nSPS) is 23.0. The van der Waals surface area contributed by atoms with E-state index in [1.807, 2.05) is 6.92 Å². The lowest BCUT2D eigenvalue weighted by molar-refractivity contribution is -0.134. The largest absolute Gasteiger partial charge is 0.338 e. The van der Waals surface area contributed by atoms with E-state index in [1.165, 1.54) is 12.1 Å². The first-order chi connectivity index (χ1) is 13.3. The van der Waals surface area contributed by atoms with E-state index in [2.05, 4.69) is 9.80 Å². The number of halogens is 2. The number of benzene rings is 1. The van der Waals surface area contributed by atoms with Crippen molar-refractivity contribution >= 4 is 27.3 Å². The summed E-state index contributed by atoms with van der Waals surface area (Å²) >= 11 is 6.11. The Labute approximate surface area is 171 Å². The smallest absolute Gasteiger partial charge is 0.237 e. The monoisotopic (exact) mass is 431 g/mol. The van der Waals surface area contributed by atoms with Crippen molar-refractivity contribution in [2.24, 2.45) is 0 Å². The Kier molecular flexibility index (Phi) is 6.96. The van der Waals surface area contributed by atoms with Gasteiger partial charge in [0.25, 0.3) is 0 Å². The summed E-state index contributed by atoms with van der Waals surface area (Å²) in [4.78, 5) is 18.8. The summed E-state index contributed by atoms with van der Waals surface area (Å²) in [5.41, 5.74) is 0.896. The van der Waals surface area contributed by atoms with Crippen molar-refractivity contribution in [3.05, 3.63) is 34.6 Å². The summed E-state index contributed by atoms with van der Waals surface area (Å²) in [6, 6.07) is 4.26. The molecule has 1 unspecified atom stereocenters. The number of sulfone groups is 1. The molecule has 1 atom stereocenters. The maximum absolute atomic E-state index is 13.2. The number of nitrogens with zero attached hydrogens (tertiary/aromatic N) is 3. The molecule has 1 amide bonds. The van der Waals surface area contributed by atoms with Gasteiger partial charge in [-0.1, -0.05) is 17.7 Å². The molecule has 28 heavy (non-hydrogen) atoms. The molecular formula is C19H27ClFN3O3S. The topological polar surface area (TPSA) is 60.9 Å². The predicted octanol–water partition coefficient (Wildman–Crippen LogP) is 1.63. The number of carbonyl (C=O) groups is 1. The molecule has 0 bridgehead atoms. The standard InChI is InChI=1S/C19H27ClFN3O3S/c1-2-24(17-5-10-28(26,27)14-17)19(25)13-23-8-6-22(7-9-23)12-15-3-4-16(21)11-18(15)20/h3-4,11,17H,2,5-10,12-14H2,1H3. The summed E-state index contributed by atoms with van der Waals surface area (Å²) < 4.78 is 36.6. The van der Waals surface area contributed by atoms with Crippen molar-refractivity contribution in [2.45, 2.75) is 25.9 Å². The van der Waals surface area contributed by atoms with Crippen LogP contribution in [0.2, 0.25) is 5.02 Å². The fourth-order valence-electron chi connectivity index (χ4n) is 3.94. The Morgan fingerprint density at radius 3 is 2.50 bits per heavy atom. The summed E-state index contributed by atoms with van der Waals surface area (Å²) in [7, 11) is -3.01. The minimum absolute atomic E-state index is 0.000343. The van der Waals surface area contributed by atoms with E-state index < -0.39 is 9.84 Å². The lowest BCUT2D eigenvalue weighted by Gasteiger charge is -2.36. The van der Waals surface area contributed by atoms with Crippen LogP contribution in [-0.2, 0) is 21.2 Å². The predicted molar refractivity (Wildman–Crippen MR) is 108 cm³/mol. The first-order valence-electron chi connectivity index (χ1n) is 9.66. The third-order valence-corrected chi connectivity index (χ3v) is 7.65. The Bertz CT molecular complexity index is 813. The van der Waals surface area contributed by atoms with Crippen LogP contribution in [-0.4, -0.2) is 85.8 Å². The first-order valence-corrected chi connectivity index (χ1v) is 11.9. The van der Waals surface area contributed by atoms with Gasteiger partial charge in [-0.25, -0.2) is 12.8 Å². The molecule has 9 heteroatoms. The van der Waals surface area contributed by atoms with Gasteiger partial charge in [0, 0.05) is 50.3 Å². The van der Waals surface area contributed by atoms with Gasteiger partial charge < -0.3 is 4.90 Å². The summed E-state index contributed by atoms with van der Waals surface area (Å²) in [5, 5.41) is 0.433. The molecular weight excluding hydrogens is 405 g/mol. The molecule has 0 saturated carbocycles. The van der Waals surface area contributed by atoms with E-state index >= 15 is 0 Å². The van der Waals surface area contributed by atoms with E-state index in [9.17, 15) is 17.6 Å². The van der Waals surface area contributed by atoms with Crippen LogP contribution in [0.1, 0.15) is 18.9 Å². The van der Waals surface area contributed by atoms with Gasteiger partial charge in [-0.05, 0) is 31.0 Å². The van der Waals surface area contributed by atoms with Gasteiger partial charge in [-0.15, -0.1) is 0 Å². The van der Waals surface area contributed by atoms with Crippen molar-refractivity contribution in [2.75, 3.05) is 50.8 Å². The highest BCUT2D eigenvalue weighted by Gasteiger charge is 2.34. The Morgan fingerprint density at radius 1 is 1.25 bits per heavy atom. The summed E-state index contributed by atoms with van der Waals surface area (Å²) in [6.07, 6.45) is 0.536. The zero-order valence-electron chi connectivity index (χ0n) is 16.1. The summed E-state index contributed by atoms with van der Waals surface area (Å²) in [6.45, 7) is 6.50. The Balaban J connectivity index is 1.48. The van der Waals surface area contributed by atoms with Crippen LogP contribution in [0.15, 0.2) is 18.2 Å². The van der Waals surface area contributed by atoms with Crippen LogP contribution in [0.3, 0.4) is 0 Å². The lowest BCUT2D eigenvalue weighted by atomic mass is 10.2. The lowest BCUT2D eigenvalue weighted by Crippen LogP contribution is -2.51. The highest BCUT2D eigenvalue weighted by atomic mass is 35.5. The number of likely N-dealkylation sites (N-methyl/N-ethyl adjacent to an activating group) is 1. The van der Waals surface area contributed by atoms with Crippen molar-refractivity contribution in [1.29, 1.82) is 0 Å². The molecule has 2 aliphatic heterocycles. The molecule has 0 spiro atoms. The van der Waals surface area contributed by atoms with E-state index in [0.717, 1.165) is 31.7 Å². The van der Waals surface area contributed by atoms with Crippen LogP contribution >= 0.6 is 11.6 Å². The second kappa shape index (κ2) is 9.07. The molecule has 0 radical (unpaired) electrons. The Morgan fingerprint density at radius 2 is 1.93 bits per heavy atom. The zero-order chi connectivity index (χ0) is 20.3. The average Bonchev–Trinajstić information content (AvgIpc) is 2.99. The molecule has 1 aromatic carbocycles. The van der Waals surface area contributed by atoms with Crippen molar-refractivity contribution < 1.29 is 17.6 Å². The fraction of sp³-hybridized carbons (Fsp3) is 0.632. The van der Waals surface area contributed by atoms with E-state index in [1.54, 1.807) is 11.0 Å². The number of piperazine rings is 1. The van der Waals surface area contributed by atoms with Gasteiger partial charge >= 0.3 is 0 Å². The quantitative estimate of drug-likeness (QED) is 0.685. The highest BCUT2D eigenvalue weighted by Crippen LogP contribution is 2.20. The van der Waals surface area contributed by atoms with Gasteiger partial charge in [0.2, 0.25) is 5.91 Å². The van der Waals surface area contributed by atoms with Crippen molar-refractivity contribution in [1.82, 2.24) is 14.7 Å². The second-order valence-electron chi connectivity index (χ2n) is 7.52. The highest BCUT2D eigenvalue weighted by molar-refractivity contribution is 7.91. The Hall–Kier alpha value is -1.22. The fourth-order valence-corrected chi connectivity index (χ4v) is 5.90. The first kappa shape index (κ1) is 21.5. The molecule has 0 N–H and O–H groups in total. The maximum Gasteiger partial charge on any atom is 0.237 e. The molecule has 2 aliphatic rings. The van der Waals surface area contributed by atoms with Gasteiger partial charge in [0.1, 0.15) is 5.82 Å². The van der Waals surface area contributed by atoms with Crippen molar-refractivity contribution in [3.63, 3.8) is 0 Å². The third kappa shape index (κ3) is 5.43. The van der Waals surface area contributed by atoms with Crippen LogP contribution < -0.4 is 0 Å².